The maximum absolute atomic E-state index is 2.56. The van der Waals surface area contributed by atoms with Crippen molar-refractivity contribution in [3.05, 3.63) is 180 Å². The van der Waals surface area contributed by atoms with E-state index in [1.165, 1.54) is 75.4 Å². The summed E-state index contributed by atoms with van der Waals surface area (Å²) in [6, 6.07) is 61.4. The molecule has 14 rings (SSSR count). The van der Waals surface area contributed by atoms with Crippen LogP contribution in [0.2, 0.25) is 0 Å². The maximum atomic E-state index is 2.56. The van der Waals surface area contributed by atoms with Gasteiger partial charge in [-0.2, -0.15) is 0 Å². The summed E-state index contributed by atoms with van der Waals surface area (Å²) in [5.74, 6) is 4.31. The second-order valence-electron chi connectivity index (χ2n) is 16.9. The van der Waals surface area contributed by atoms with Crippen molar-refractivity contribution in [1.82, 2.24) is 4.57 Å². The fourth-order valence-electron chi connectivity index (χ4n) is 13.0. The molecular weight excluding hydrogens is 653 g/mol. The summed E-state index contributed by atoms with van der Waals surface area (Å²) < 4.78 is 2.40. The first kappa shape index (κ1) is 29.6. The number of fused-ring (bicyclic) bond motifs is 5. The Morgan fingerprint density at radius 2 is 1.26 bits per heavy atom. The molecule has 1 heterocycles. The van der Waals surface area contributed by atoms with Gasteiger partial charge < -0.3 is 9.47 Å². The number of hydrogen-bond acceptors (Lipinski definition) is 1. The lowest BCUT2D eigenvalue weighted by molar-refractivity contribution is -0.0431. The number of para-hydroxylation sites is 3. The molecule has 4 saturated carbocycles. The molecule has 54 heavy (non-hydrogen) atoms. The summed E-state index contributed by atoms with van der Waals surface area (Å²) >= 11 is 0. The van der Waals surface area contributed by atoms with Crippen molar-refractivity contribution >= 4 is 38.9 Å². The first-order chi connectivity index (χ1) is 26.8. The van der Waals surface area contributed by atoms with E-state index in [0.29, 0.717) is 0 Å². The molecule has 1 spiro atoms. The number of aromatic nitrogens is 1. The monoisotopic (exact) mass is 692 g/mol. The molecule has 7 aromatic carbocycles. The largest absolute Gasteiger partial charge is 0.310 e. The van der Waals surface area contributed by atoms with Crippen LogP contribution in [0.1, 0.15) is 48.3 Å². The fourth-order valence-corrected chi connectivity index (χ4v) is 13.0. The third-order valence-electron chi connectivity index (χ3n) is 14.6. The summed E-state index contributed by atoms with van der Waals surface area (Å²) in [7, 11) is 0. The Morgan fingerprint density at radius 1 is 0.519 bits per heavy atom. The highest BCUT2D eigenvalue weighted by Gasteiger charge is 2.69. The predicted molar refractivity (Wildman–Crippen MR) is 222 cm³/mol. The average molecular weight is 693 g/mol. The lowest BCUT2D eigenvalue weighted by Crippen LogP contribution is -2.54. The molecule has 6 aliphatic carbocycles. The molecule has 6 atom stereocenters. The fraction of sp³-hybridized carbons (Fsp3) is 0.192. The Kier molecular flexibility index (Phi) is 5.83. The van der Waals surface area contributed by atoms with Gasteiger partial charge >= 0.3 is 0 Å². The van der Waals surface area contributed by atoms with Gasteiger partial charge in [-0.25, -0.2) is 0 Å². The van der Waals surface area contributed by atoms with E-state index in [4.69, 9.17) is 0 Å². The molecule has 0 saturated heterocycles. The Morgan fingerprint density at radius 3 is 2.13 bits per heavy atom. The normalized spacial score (nSPS) is 25.0. The van der Waals surface area contributed by atoms with Gasteiger partial charge in [0.25, 0.3) is 0 Å². The highest BCUT2D eigenvalue weighted by atomic mass is 15.1. The van der Waals surface area contributed by atoms with Gasteiger partial charge in [-0.15, -0.1) is 0 Å². The molecule has 1 aromatic heterocycles. The van der Waals surface area contributed by atoms with Crippen molar-refractivity contribution in [2.24, 2.45) is 23.7 Å². The van der Waals surface area contributed by atoms with Gasteiger partial charge in [-0.3, -0.25) is 0 Å². The Hall–Kier alpha value is -5.86. The van der Waals surface area contributed by atoms with Crippen LogP contribution in [-0.4, -0.2) is 4.57 Å². The summed E-state index contributed by atoms with van der Waals surface area (Å²) in [6.07, 6.45) is 5.80. The van der Waals surface area contributed by atoms with Crippen LogP contribution < -0.4 is 4.90 Å². The number of hydrogen-bond donors (Lipinski definition) is 0. The van der Waals surface area contributed by atoms with E-state index >= 15 is 0 Å². The molecule has 6 unspecified atom stereocenters. The minimum absolute atomic E-state index is 0.269. The zero-order chi connectivity index (χ0) is 35.1. The lowest BCUT2D eigenvalue weighted by atomic mass is 9.43. The van der Waals surface area contributed by atoms with Crippen LogP contribution in [0.25, 0.3) is 49.7 Å². The molecule has 0 N–H and O–H groups in total. The van der Waals surface area contributed by atoms with Gasteiger partial charge in [0.15, 0.2) is 0 Å². The molecule has 6 aliphatic rings. The van der Waals surface area contributed by atoms with Crippen LogP contribution in [0.5, 0.6) is 0 Å². The smallest absolute Gasteiger partial charge is 0.0561 e. The van der Waals surface area contributed by atoms with Crippen LogP contribution in [0, 0.1) is 23.7 Å². The third kappa shape index (κ3) is 3.71. The first-order valence-electron chi connectivity index (χ1n) is 20.1. The van der Waals surface area contributed by atoms with E-state index in [-0.39, 0.29) is 5.41 Å². The van der Waals surface area contributed by atoms with Crippen LogP contribution in [0.15, 0.2) is 164 Å². The molecule has 4 fully saturated rings. The van der Waals surface area contributed by atoms with E-state index in [2.05, 4.69) is 173 Å². The Balaban J connectivity index is 0.922. The van der Waals surface area contributed by atoms with E-state index in [9.17, 15) is 0 Å². The third-order valence-corrected chi connectivity index (χ3v) is 14.6. The molecule has 0 radical (unpaired) electrons. The van der Waals surface area contributed by atoms with Crippen LogP contribution >= 0.6 is 0 Å². The second-order valence-corrected chi connectivity index (χ2v) is 16.9. The van der Waals surface area contributed by atoms with E-state index in [0.717, 1.165) is 46.7 Å². The molecule has 2 heteroatoms. The van der Waals surface area contributed by atoms with Gasteiger partial charge in [0, 0.05) is 38.9 Å². The summed E-state index contributed by atoms with van der Waals surface area (Å²) in [5, 5.41) is 2.53. The topological polar surface area (TPSA) is 8.17 Å². The number of nitrogens with zero attached hydrogens (tertiary/aromatic N) is 2. The second kappa shape index (κ2) is 10.6. The first-order valence-corrected chi connectivity index (χ1v) is 20.1. The van der Waals surface area contributed by atoms with E-state index < -0.39 is 0 Å². The quantitative estimate of drug-likeness (QED) is 0.174. The van der Waals surface area contributed by atoms with Crippen LogP contribution in [-0.2, 0) is 5.41 Å². The minimum Gasteiger partial charge on any atom is -0.310 e. The summed E-state index contributed by atoms with van der Waals surface area (Å²) in [6.45, 7) is 0. The Labute approximate surface area is 316 Å². The molecular formula is C52H40N2. The van der Waals surface area contributed by atoms with Crippen LogP contribution in [0.4, 0.5) is 17.1 Å². The van der Waals surface area contributed by atoms with Crippen molar-refractivity contribution in [2.45, 2.75) is 37.0 Å². The van der Waals surface area contributed by atoms with Crippen molar-refractivity contribution in [2.75, 3.05) is 4.90 Å². The Bertz CT molecular complexity index is 2810. The van der Waals surface area contributed by atoms with Gasteiger partial charge in [0.05, 0.1) is 11.0 Å². The number of benzene rings is 7. The summed E-state index contributed by atoms with van der Waals surface area (Å²) in [5.41, 5.74) is 18.0. The van der Waals surface area contributed by atoms with E-state index in [1.54, 1.807) is 16.7 Å². The van der Waals surface area contributed by atoms with Crippen molar-refractivity contribution in [3.8, 4) is 27.9 Å². The molecule has 0 aliphatic heterocycles. The molecule has 258 valence electrons. The SMILES string of the molecule is c1ccc(N(c2ccc(-c3ccc4c(c3)-c3cccc5c3C43C4CC6CC(C4)C5C3C6)cc2)c2ccc3c4ccccc4n(-c4ccccc4)c3c2)cc1. The van der Waals surface area contributed by atoms with Gasteiger partial charge in [-0.05, 0) is 155 Å². The van der Waals surface area contributed by atoms with E-state index in [1.807, 2.05) is 0 Å². The molecule has 6 bridgehead atoms. The molecule has 0 amide bonds. The van der Waals surface area contributed by atoms with Crippen LogP contribution in [0.3, 0.4) is 0 Å². The standard InChI is InChI=1S/C52H40N2/c1-3-10-37(11-4-1)53(40-23-24-42-41-14-7-8-17-48(41)54(49(42)31-40)38-12-5-2-6-13-38)39-21-18-33(19-22-39)34-20-25-46-45(30-34)43-15-9-16-44-50-35-26-32-27-36(29-35)52(46,51(43)44)47(50)28-32/h1-25,30-32,35-36,47,50H,26-29H2. The molecule has 2 nitrogen and oxygen atoms in total. The highest BCUT2D eigenvalue weighted by molar-refractivity contribution is 6.10. The van der Waals surface area contributed by atoms with Crippen molar-refractivity contribution in [3.63, 3.8) is 0 Å². The highest BCUT2D eigenvalue weighted by Crippen LogP contribution is 2.77. The summed E-state index contributed by atoms with van der Waals surface area (Å²) in [4.78, 5) is 2.40. The zero-order valence-electron chi connectivity index (χ0n) is 30.2. The van der Waals surface area contributed by atoms with Crippen molar-refractivity contribution < 1.29 is 0 Å². The van der Waals surface area contributed by atoms with Gasteiger partial charge in [0.1, 0.15) is 0 Å². The minimum atomic E-state index is 0.269. The average Bonchev–Trinajstić information content (AvgIpc) is 3.81. The predicted octanol–water partition coefficient (Wildman–Crippen LogP) is 13.4. The number of rotatable bonds is 5. The number of anilines is 3. The lowest BCUT2D eigenvalue weighted by Gasteiger charge is -2.60. The zero-order valence-corrected chi connectivity index (χ0v) is 30.2. The van der Waals surface area contributed by atoms with Gasteiger partial charge in [-0.1, -0.05) is 103 Å². The van der Waals surface area contributed by atoms with Crippen molar-refractivity contribution in [1.29, 1.82) is 0 Å². The van der Waals surface area contributed by atoms with Gasteiger partial charge in [0.2, 0.25) is 0 Å². The molecule has 8 aromatic rings. The maximum Gasteiger partial charge on any atom is 0.0561 e.